The third-order valence-corrected chi connectivity index (χ3v) is 4.10. The summed E-state index contributed by atoms with van der Waals surface area (Å²) in [5.74, 6) is 0. The summed E-state index contributed by atoms with van der Waals surface area (Å²) >= 11 is 0. The van der Waals surface area contributed by atoms with Gasteiger partial charge in [-0.3, -0.25) is 0 Å². The van der Waals surface area contributed by atoms with Gasteiger partial charge < -0.3 is 10.6 Å². The van der Waals surface area contributed by atoms with Gasteiger partial charge in [0.15, 0.2) is 9.84 Å². The number of hydrogen-bond acceptors (Lipinski definition) is 4. The summed E-state index contributed by atoms with van der Waals surface area (Å²) in [5, 5.41) is 6.62. The first-order valence-corrected chi connectivity index (χ1v) is 7.73. The van der Waals surface area contributed by atoms with Crippen molar-refractivity contribution in [3.8, 4) is 0 Å². The van der Waals surface area contributed by atoms with Crippen molar-refractivity contribution in [3.05, 3.63) is 24.3 Å². The van der Waals surface area contributed by atoms with E-state index in [0.29, 0.717) is 16.6 Å². The van der Waals surface area contributed by atoms with Crippen LogP contribution in [-0.2, 0) is 9.84 Å². The Balaban J connectivity index is 2.20. The van der Waals surface area contributed by atoms with Gasteiger partial charge in [-0.05, 0) is 31.5 Å². The molecule has 0 saturated carbocycles. The highest BCUT2D eigenvalue weighted by atomic mass is 32.2. The number of anilines is 1. The molecule has 1 aliphatic heterocycles. The molecule has 0 spiro atoms. The molecule has 2 N–H and O–H groups in total. The van der Waals surface area contributed by atoms with E-state index in [4.69, 9.17) is 0 Å². The highest BCUT2D eigenvalue weighted by molar-refractivity contribution is 7.90. The maximum Gasteiger partial charge on any atom is 0.177 e. The lowest BCUT2D eigenvalue weighted by atomic mass is 10.1. The number of nitrogens with one attached hydrogen (secondary N) is 2. The van der Waals surface area contributed by atoms with Gasteiger partial charge in [-0.2, -0.15) is 0 Å². The van der Waals surface area contributed by atoms with Crippen LogP contribution in [0.4, 0.5) is 5.69 Å². The maximum absolute atomic E-state index is 11.6. The summed E-state index contributed by atoms with van der Waals surface area (Å²) in [7, 11) is -3.17. The molecule has 1 aromatic rings. The molecule has 1 saturated heterocycles. The largest absolute Gasteiger partial charge is 0.380 e. The molecular formula is C12H18N2O2S. The van der Waals surface area contributed by atoms with Gasteiger partial charge in [0.05, 0.1) is 10.6 Å². The summed E-state index contributed by atoms with van der Waals surface area (Å²) in [6.07, 6.45) is 3.44. The average Bonchev–Trinajstić information content (AvgIpc) is 2.30. The lowest BCUT2D eigenvalue weighted by Gasteiger charge is -2.25. The van der Waals surface area contributed by atoms with Gasteiger partial charge in [0.2, 0.25) is 0 Å². The predicted molar refractivity (Wildman–Crippen MR) is 69.1 cm³/mol. The van der Waals surface area contributed by atoms with Gasteiger partial charge >= 0.3 is 0 Å². The summed E-state index contributed by atoms with van der Waals surface area (Å²) < 4.78 is 23.3. The Labute approximate surface area is 102 Å². The summed E-state index contributed by atoms with van der Waals surface area (Å²) in [5.41, 5.74) is 0.712. The zero-order valence-electron chi connectivity index (χ0n) is 9.94. The van der Waals surface area contributed by atoms with Crippen molar-refractivity contribution in [1.29, 1.82) is 0 Å². The van der Waals surface area contributed by atoms with Crippen molar-refractivity contribution in [3.63, 3.8) is 0 Å². The normalized spacial score (nSPS) is 21.1. The number of para-hydroxylation sites is 1. The lowest BCUT2D eigenvalue weighted by Crippen LogP contribution is -2.38. The van der Waals surface area contributed by atoms with Crippen LogP contribution in [0.5, 0.6) is 0 Å². The van der Waals surface area contributed by atoms with Crippen LogP contribution in [0, 0.1) is 0 Å². The van der Waals surface area contributed by atoms with E-state index in [1.807, 2.05) is 12.1 Å². The smallest absolute Gasteiger partial charge is 0.177 e. The molecule has 0 aliphatic carbocycles. The van der Waals surface area contributed by atoms with E-state index in [-0.39, 0.29) is 0 Å². The molecule has 0 amide bonds. The van der Waals surface area contributed by atoms with Gasteiger partial charge in [-0.1, -0.05) is 12.1 Å². The number of sulfone groups is 1. The lowest BCUT2D eigenvalue weighted by molar-refractivity contribution is 0.479. The minimum absolute atomic E-state index is 0.312. The standard InChI is InChI=1S/C12H18N2O2S/c1-17(15,16)12-7-3-2-6-11(12)14-10-5-4-8-13-9-10/h2-3,6-7,10,13-14H,4-5,8-9H2,1H3. The second-order valence-electron chi connectivity index (χ2n) is 4.46. The molecule has 1 atom stereocenters. The molecule has 1 heterocycles. The fourth-order valence-electron chi connectivity index (χ4n) is 2.10. The first-order valence-electron chi connectivity index (χ1n) is 5.84. The monoisotopic (exact) mass is 254 g/mol. The molecule has 1 aromatic carbocycles. The minimum Gasteiger partial charge on any atom is -0.380 e. The zero-order chi connectivity index (χ0) is 12.3. The SMILES string of the molecule is CS(=O)(=O)c1ccccc1NC1CCCNC1. The van der Waals surface area contributed by atoms with Gasteiger partial charge in [0.25, 0.3) is 0 Å². The average molecular weight is 254 g/mol. The Morgan fingerprint density at radius 1 is 1.35 bits per heavy atom. The zero-order valence-corrected chi connectivity index (χ0v) is 10.8. The molecule has 0 bridgehead atoms. The van der Waals surface area contributed by atoms with E-state index in [1.54, 1.807) is 12.1 Å². The predicted octanol–water partition coefficient (Wildman–Crippen LogP) is 1.25. The van der Waals surface area contributed by atoms with Crippen LogP contribution in [0.1, 0.15) is 12.8 Å². The number of piperidine rings is 1. The number of rotatable bonds is 3. The first kappa shape index (κ1) is 12.4. The Bertz CT molecular complexity index is 479. The minimum atomic E-state index is -3.17. The Morgan fingerprint density at radius 3 is 2.76 bits per heavy atom. The Morgan fingerprint density at radius 2 is 2.12 bits per heavy atom. The van der Waals surface area contributed by atoms with Crippen LogP contribution in [0.25, 0.3) is 0 Å². The quantitative estimate of drug-likeness (QED) is 0.852. The molecule has 94 valence electrons. The summed E-state index contributed by atoms with van der Waals surface area (Å²) in [4.78, 5) is 0.380. The topological polar surface area (TPSA) is 58.2 Å². The fourth-order valence-corrected chi connectivity index (χ4v) is 2.96. The van der Waals surface area contributed by atoms with Crippen molar-refractivity contribution >= 4 is 15.5 Å². The van der Waals surface area contributed by atoms with Crippen LogP contribution in [0.3, 0.4) is 0 Å². The maximum atomic E-state index is 11.6. The van der Waals surface area contributed by atoms with Crippen molar-refractivity contribution in [2.24, 2.45) is 0 Å². The third-order valence-electron chi connectivity index (χ3n) is 2.94. The first-order chi connectivity index (χ1) is 8.07. The molecular weight excluding hydrogens is 236 g/mol. The van der Waals surface area contributed by atoms with Crippen molar-refractivity contribution in [1.82, 2.24) is 5.32 Å². The number of hydrogen-bond donors (Lipinski definition) is 2. The van der Waals surface area contributed by atoms with Crippen molar-refractivity contribution < 1.29 is 8.42 Å². The van der Waals surface area contributed by atoms with Gasteiger partial charge in [0, 0.05) is 18.8 Å². The van der Waals surface area contributed by atoms with Gasteiger partial charge in [0.1, 0.15) is 0 Å². The van der Waals surface area contributed by atoms with E-state index < -0.39 is 9.84 Å². The van der Waals surface area contributed by atoms with Gasteiger partial charge in [-0.25, -0.2) is 8.42 Å². The fraction of sp³-hybridized carbons (Fsp3) is 0.500. The Kier molecular flexibility index (Phi) is 3.69. The molecule has 0 radical (unpaired) electrons. The van der Waals surface area contributed by atoms with Crippen molar-refractivity contribution in [2.45, 2.75) is 23.8 Å². The van der Waals surface area contributed by atoms with E-state index >= 15 is 0 Å². The van der Waals surface area contributed by atoms with Crippen LogP contribution in [-0.4, -0.2) is 33.8 Å². The Hall–Kier alpha value is -1.07. The van der Waals surface area contributed by atoms with Crippen LogP contribution in [0.2, 0.25) is 0 Å². The molecule has 17 heavy (non-hydrogen) atoms. The number of benzene rings is 1. The van der Waals surface area contributed by atoms with Crippen LogP contribution < -0.4 is 10.6 Å². The van der Waals surface area contributed by atoms with E-state index in [2.05, 4.69) is 10.6 Å². The van der Waals surface area contributed by atoms with Crippen molar-refractivity contribution in [2.75, 3.05) is 24.7 Å². The third kappa shape index (κ3) is 3.20. The van der Waals surface area contributed by atoms with Crippen LogP contribution in [0.15, 0.2) is 29.2 Å². The molecule has 0 aromatic heterocycles. The second kappa shape index (κ2) is 5.06. The molecule has 2 rings (SSSR count). The summed E-state index contributed by atoms with van der Waals surface area (Å²) in [6.45, 7) is 1.93. The van der Waals surface area contributed by atoms with Gasteiger partial charge in [-0.15, -0.1) is 0 Å². The summed E-state index contributed by atoms with van der Waals surface area (Å²) in [6, 6.07) is 7.39. The van der Waals surface area contributed by atoms with E-state index in [0.717, 1.165) is 25.9 Å². The molecule has 5 heteroatoms. The molecule has 1 fully saturated rings. The van der Waals surface area contributed by atoms with E-state index in [1.165, 1.54) is 6.26 Å². The van der Waals surface area contributed by atoms with Crippen LogP contribution >= 0.6 is 0 Å². The highest BCUT2D eigenvalue weighted by Gasteiger charge is 2.17. The molecule has 4 nitrogen and oxygen atoms in total. The van der Waals surface area contributed by atoms with E-state index in [9.17, 15) is 8.42 Å². The highest BCUT2D eigenvalue weighted by Crippen LogP contribution is 2.22. The molecule has 1 unspecified atom stereocenters. The molecule has 1 aliphatic rings. The second-order valence-corrected chi connectivity index (χ2v) is 6.44.